The Balaban J connectivity index is 1.87. The molecule has 1 aromatic heterocycles. The number of benzene rings is 1. The highest BCUT2D eigenvalue weighted by Gasteiger charge is 2.24. The lowest BCUT2D eigenvalue weighted by atomic mass is 9.80. The zero-order chi connectivity index (χ0) is 11.8. The minimum atomic E-state index is 0.527. The van der Waals surface area contributed by atoms with Gasteiger partial charge in [0.15, 0.2) is 0 Å². The van der Waals surface area contributed by atoms with Gasteiger partial charge in [-0.25, -0.2) is 4.98 Å². The molecule has 3 nitrogen and oxygen atoms in total. The van der Waals surface area contributed by atoms with E-state index in [4.69, 9.17) is 0 Å². The van der Waals surface area contributed by atoms with Gasteiger partial charge in [0.25, 0.3) is 0 Å². The molecule has 1 aromatic carbocycles. The van der Waals surface area contributed by atoms with Crippen LogP contribution in [-0.2, 0) is 7.05 Å². The van der Waals surface area contributed by atoms with Crippen LogP contribution >= 0.6 is 0 Å². The number of hydrogen-bond acceptors (Lipinski definition) is 2. The number of nitrogens with one attached hydrogen (secondary N) is 1. The lowest BCUT2D eigenvalue weighted by molar-refractivity contribution is 0.284. The van der Waals surface area contributed by atoms with Gasteiger partial charge in [-0.15, -0.1) is 0 Å². The number of aryl methyl sites for hydroxylation is 1. The van der Waals surface area contributed by atoms with Crippen molar-refractivity contribution < 1.29 is 0 Å². The van der Waals surface area contributed by atoms with E-state index in [0.29, 0.717) is 6.04 Å². The zero-order valence-corrected chi connectivity index (χ0v) is 10.5. The minimum absolute atomic E-state index is 0.527. The molecule has 0 radical (unpaired) electrons. The Morgan fingerprint density at radius 2 is 2.12 bits per heavy atom. The van der Waals surface area contributed by atoms with Crippen LogP contribution in [0.15, 0.2) is 24.3 Å². The van der Waals surface area contributed by atoms with Crippen molar-refractivity contribution >= 4 is 17.0 Å². The molecule has 0 spiro atoms. The molecule has 3 rings (SSSR count). The summed E-state index contributed by atoms with van der Waals surface area (Å²) < 4.78 is 2.14. The first-order valence-electron chi connectivity index (χ1n) is 6.43. The summed E-state index contributed by atoms with van der Waals surface area (Å²) in [6.45, 7) is 2.27. The molecule has 1 unspecified atom stereocenters. The lowest BCUT2D eigenvalue weighted by Crippen LogP contribution is -2.31. The van der Waals surface area contributed by atoms with Crippen LogP contribution in [0.1, 0.15) is 26.2 Å². The van der Waals surface area contributed by atoms with Crippen LogP contribution in [0.3, 0.4) is 0 Å². The van der Waals surface area contributed by atoms with Gasteiger partial charge in [0.1, 0.15) is 0 Å². The van der Waals surface area contributed by atoms with Crippen LogP contribution in [0.25, 0.3) is 11.0 Å². The molecule has 0 amide bonds. The summed E-state index contributed by atoms with van der Waals surface area (Å²) in [6, 6.07) is 8.80. The van der Waals surface area contributed by atoms with Gasteiger partial charge in [-0.05, 0) is 37.8 Å². The van der Waals surface area contributed by atoms with Crippen molar-refractivity contribution in [1.82, 2.24) is 9.55 Å². The number of fused-ring (bicyclic) bond motifs is 1. The predicted octanol–water partition coefficient (Wildman–Crippen LogP) is 3.17. The largest absolute Gasteiger partial charge is 0.353 e. The van der Waals surface area contributed by atoms with E-state index in [0.717, 1.165) is 17.4 Å². The van der Waals surface area contributed by atoms with Gasteiger partial charge in [0.2, 0.25) is 5.95 Å². The molecule has 1 atom stereocenters. The molecule has 1 aliphatic carbocycles. The van der Waals surface area contributed by atoms with E-state index < -0.39 is 0 Å². The highest BCUT2D eigenvalue weighted by atomic mass is 15.2. The molecule has 1 aliphatic rings. The Morgan fingerprint density at radius 1 is 1.35 bits per heavy atom. The van der Waals surface area contributed by atoms with E-state index in [2.05, 4.69) is 47.0 Å². The van der Waals surface area contributed by atoms with Crippen LogP contribution in [0, 0.1) is 5.92 Å². The number of nitrogens with zero attached hydrogens (tertiary/aromatic N) is 2. The molecule has 0 bridgehead atoms. The number of aromatic nitrogens is 2. The van der Waals surface area contributed by atoms with Crippen LogP contribution in [0.4, 0.5) is 5.95 Å². The van der Waals surface area contributed by atoms with Crippen LogP contribution < -0.4 is 5.32 Å². The van der Waals surface area contributed by atoms with Gasteiger partial charge in [-0.1, -0.05) is 18.6 Å². The second-order valence-electron chi connectivity index (χ2n) is 5.11. The second-order valence-corrected chi connectivity index (χ2v) is 5.11. The average Bonchev–Trinajstić information content (AvgIpc) is 2.54. The van der Waals surface area contributed by atoms with E-state index in [-0.39, 0.29) is 0 Å². The SMILES string of the molecule is CC(Nc1nc2ccccc2n1C)C1CCC1. The second kappa shape index (κ2) is 4.06. The predicted molar refractivity (Wildman–Crippen MR) is 71.1 cm³/mol. The first-order chi connectivity index (χ1) is 8.25. The van der Waals surface area contributed by atoms with E-state index >= 15 is 0 Å². The summed E-state index contributed by atoms with van der Waals surface area (Å²) in [5, 5.41) is 3.55. The number of anilines is 1. The van der Waals surface area contributed by atoms with Crippen LogP contribution in [0.5, 0.6) is 0 Å². The summed E-state index contributed by atoms with van der Waals surface area (Å²) >= 11 is 0. The van der Waals surface area contributed by atoms with Crippen LogP contribution in [0.2, 0.25) is 0 Å². The fourth-order valence-electron chi connectivity index (χ4n) is 2.54. The van der Waals surface area contributed by atoms with Gasteiger partial charge in [-0.2, -0.15) is 0 Å². The van der Waals surface area contributed by atoms with Crippen LogP contribution in [-0.4, -0.2) is 15.6 Å². The monoisotopic (exact) mass is 229 g/mol. The number of imidazole rings is 1. The summed E-state index contributed by atoms with van der Waals surface area (Å²) in [6.07, 6.45) is 4.11. The number of para-hydroxylation sites is 2. The van der Waals surface area contributed by atoms with Crippen molar-refractivity contribution in [2.45, 2.75) is 32.2 Å². The molecule has 1 heterocycles. The maximum absolute atomic E-state index is 4.64. The Morgan fingerprint density at radius 3 is 2.76 bits per heavy atom. The topological polar surface area (TPSA) is 29.9 Å². The normalized spacial score (nSPS) is 18.0. The lowest BCUT2D eigenvalue weighted by Gasteiger charge is -2.32. The highest BCUT2D eigenvalue weighted by Crippen LogP contribution is 2.31. The van der Waals surface area contributed by atoms with Gasteiger partial charge < -0.3 is 9.88 Å². The Bertz CT molecular complexity index is 525. The Kier molecular flexibility index (Phi) is 2.54. The highest BCUT2D eigenvalue weighted by molar-refractivity contribution is 5.78. The standard InChI is InChI=1S/C14H19N3/c1-10(11-6-5-7-11)15-14-16-12-8-3-4-9-13(12)17(14)2/h3-4,8-11H,5-7H2,1-2H3,(H,15,16). The Labute approximate surface area is 102 Å². The molecular weight excluding hydrogens is 210 g/mol. The van der Waals surface area contributed by atoms with Gasteiger partial charge in [-0.3, -0.25) is 0 Å². The summed E-state index contributed by atoms with van der Waals surface area (Å²) in [5.74, 6) is 1.82. The third kappa shape index (κ3) is 1.79. The average molecular weight is 229 g/mol. The summed E-state index contributed by atoms with van der Waals surface area (Å²) in [4.78, 5) is 4.64. The molecular formula is C14H19N3. The van der Waals surface area contributed by atoms with Crippen molar-refractivity contribution in [1.29, 1.82) is 0 Å². The van der Waals surface area contributed by atoms with Gasteiger partial charge in [0.05, 0.1) is 11.0 Å². The number of hydrogen-bond donors (Lipinski definition) is 1. The van der Waals surface area contributed by atoms with E-state index in [1.54, 1.807) is 0 Å². The minimum Gasteiger partial charge on any atom is -0.353 e. The number of rotatable bonds is 3. The summed E-state index contributed by atoms with van der Waals surface area (Å²) in [5.41, 5.74) is 2.26. The van der Waals surface area contributed by atoms with E-state index in [1.807, 2.05) is 6.07 Å². The Hall–Kier alpha value is -1.51. The molecule has 90 valence electrons. The zero-order valence-electron chi connectivity index (χ0n) is 10.5. The molecule has 1 saturated carbocycles. The molecule has 1 N–H and O–H groups in total. The third-order valence-corrected chi connectivity index (χ3v) is 4.00. The molecule has 0 aliphatic heterocycles. The molecule has 1 fully saturated rings. The first kappa shape index (κ1) is 10.6. The molecule has 0 saturated heterocycles. The van der Waals surface area contributed by atoms with Crippen molar-refractivity contribution in [3.63, 3.8) is 0 Å². The summed E-state index contributed by atoms with van der Waals surface area (Å²) in [7, 11) is 2.07. The van der Waals surface area contributed by atoms with Gasteiger partial charge in [0, 0.05) is 13.1 Å². The quantitative estimate of drug-likeness (QED) is 0.876. The van der Waals surface area contributed by atoms with Crippen molar-refractivity contribution in [3.8, 4) is 0 Å². The fraction of sp³-hybridized carbons (Fsp3) is 0.500. The maximum Gasteiger partial charge on any atom is 0.203 e. The fourth-order valence-corrected chi connectivity index (χ4v) is 2.54. The van der Waals surface area contributed by atoms with E-state index in [9.17, 15) is 0 Å². The van der Waals surface area contributed by atoms with Crippen molar-refractivity contribution in [3.05, 3.63) is 24.3 Å². The smallest absolute Gasteiger partial charge is 0.203 e. The molecule has 3 heteroatoms. The first-order valence-corrected chi connectivity index (χ1v) is 6.43. The third-order valence-electron chi connectivity index (χ3n) is 4.00. The molecule has 2 aromatic rings. The maximum atomic E-state index is 4.64. The van der Waals surface area contributed by atoms with Gasteiger partial charge >= 0.3 is 0 Å². The van der Waals surface area contributed by atoms with Crippen molar-refractivity contribution in [2.75, 3.05) is 5.32 Å². The molecule has 17 heavy (non-hydrogen) atoms. The van der Waals surface area contributed by atoms with E-state index in [1.165, 1.54) is 24.8 Å². The van der Waals surface area contributed by atoms with Crippen molar-refractivity contribution in [2.24, 2.45) is 13.0 Å².